The van der Waals surface area contributed by atoms with Crippen LogP contribution < -0.4 is 5.73 Å². The average Bonchev–Trinajstić information content (AvgIpc) is 2.87. The molecule has 1 aliphatic rings. The lowest BCUT2D eigenvalue weighted by atomic mass is 9.98. The average molecular weight is 281 g/mol. The molecule has 0 amide bonds. The lowest BCUT2D eigenvalue weighted by Gasteiger charge is -2.40. The Hall–Kier alpha value is -0.950. The third kappa shape index (κ3) is 3.58. The van der Waals surface area contributed by atoms with E-state index in [2.05, 4.69) is 28.0 Å². The van der Waals surface area contributed by atoms with Crippen LogP contribution in [0.15, 0.2) is 12.4 Å². The predicted octanol–water partition coefficient (Wildman–Crippen LogP) is -0.192. The maximum absolute atomic E-state index is 9.01. The molecule has 0 aromatic carbocycles. The highest BCUT2D eigenvalue weighted by Crippen LogP contribution is 2.25. The first-order valence-corrected chi connectivity index (χ1v) is 7.47. The van der Waals surface area contributed by atoms with Crippen molar-refractivity contribution < 1.29 is 5.11 Å². The van der Waals surface area contributed by atoms with E-state index in [0.29, 0.717) is 0 Å². The normalized spacial score (nSPS) is 21.0. The first kappa shape index (κ1) is 15.4. The van der Waals surface area contributed by atoms with Crippen LogP contribution in [0.4, 0.5) is 0 Å². The van der Waals surface area contributed by atoms with Crippen LogP contribution in [0.1, 0.15) is 24.9 Å². The maximum Gasteiger partial charge on any atom is 0.0558 e. The Kier molecular flexibility index (Phi) is 5.54. The monoisotopic (exact) mass is 281 g/mol. The van der Waals surface area contributed by atoms with Gasteiger partial charge in [-0.3, -0.25) is 14.5 Å². The van der Waals surface area contributed by atoms with Gasteiger partial charge in [0.05, 0.1) is 18.8 Å². The van der Waals surface area contributed by atoms with E-state index in [0.717, 1.165) is 39.1 Å². The molecule has 1 aliphatic heterocycles. The minimum atomic E-state index is 0.128. The molecule has 2 atom stereocenters. The zero-order valence-corrected chi connectivity index (χ0v) is 12.6. The Bertz CT molecular complexity index is 400. The summed E-state index contributed by atoms with van der Waals surface area (Å²) in [6.45, 7) is 7.11. The van der Waals surface area contributed by atoms with Crippen LogP contribution in [-0.2, 0) is 7.05 Å². The molecule has 0 bridgehead atoms. The van der Waals surface area contributed by atoms with Crippen molar-refractivity contribution in [2.45, 2.75) is 25.4 Å². The van der Waals surface area contributed by atoms with E-state index in [1.807, 2.05) is 17.9 Å². The van der Waals surface area contributed by atoms with Crippen LogP contribution >= 0.6 is 0 Å². The molecule has 2 unspecified atom stereocenters. The first-order chi connectivity index (χ1) is 9.65. The summed E-state index contributed by atoms with van der Waals surface area (Å²) in [5, 5.41) is 13.3. The molecule has 1 aromatic heterocycles. The third-order valence-electron chi connectivity index (χ3n) is 4.16. The second kappa shape index (κ2) is 7.17. The van der Waals surface area contributed by atoms with Crippen LogP contribution in [0, 0.1) is 0 Å². The fourth-order valence-electron chi connectivity index (χ4n) is 2.95. The lowest BCUT2D eigenvalue weighted by molar-refractivity contribution is 0.0733. The number of aliphatic hydroxyl groups is 1. The molecule has 3 N–H and O–H groups in total. The minimum absolute atomic E-state index is 0.128. The Morgan fingerprint density at radius 1 is 1.35 bits per heavy atom. The van der Waals surface area contributed by atoms with E-state index in [-0.39, 0.29) is 18.7 Å². The van der Waals surface area contributed by atoms with Gasteiger partial charge < -0.3 is 10.8 Å². The fraction of sp³-hybridized carbons (Fsp3) is 0.786. The van der Waals surface area contributed by atoms with Crippen LogP contribution in [-0.4, -0.2) is 70.1 Å². The molecule has 114 valence electrons. The molecular formula is C14H27N5O. The number of β-amino-alcohol motifs (C(OH)–C–C–N with tert-alkyl or cyclic N) is 1. The van der Waals surface area contributed by atoms with Crippen molar-refractivity contribution in [3.05, 3.63) is 18.0 Å². The van der Waals surface area contributed by atoms with Gasteiger partial charge in [0, 0.05) is 57.6 Å². The van der Waals surface area contributed by atoms with E-state index >= 15 is 0 Å². The lowest BCUT2D eigenvalue weighted by Crippen LogP contribution is -2.51. The molecule has 20 heavy (non-hydrogen) atoms. The number of nitrogens with two attached hydrogens (primary N) is 1. The number of aromatic nitrogens is 2. The predicted molar refractivity (Wildman–Crippen MR) is 79.3 cm³/mol. The molecule has 0 spiro atoms. The standard InChI is InChI=1S/C14H27N5O/c1-3-13(15)14(12-10-16-17(2)11-12)19-6-4-18(5-7-19)8-9-20/h10-11,13-14,20H,3-9,15H2,1-2H3. The Balaban J connectivity index is 2.05. The molecule has 1 aromatic rings. The molecule has 0 saturated carbocycles. The van der Waals surface area contributed by atoms with Gasteiger partial charge in [-0.1, -0.05) is 6.92 Å². The van der Waals surface area contributed by atoms with Crippen molar-refractivity contribution in [3.63, 3.8) is 0 Å². The van der Waals surface area contributed by atoms with Gasteiger partial charge >= 0.3 is 0 Å². The van der Waals surface area contributed by atoms with Crippen LogP contribution in [0.25, 0.3) is 0 Å². The fourth-order valence-corrected chi connectivity index (χ4v) is 2.95. The van der Waals surface area contributed by atoms with E-state index in [9.17, 15) is 0 Å². The smallest absolute Gasteiger partial charge is 0.0558 e. The summed E-state index contributed by atoms with van der Waals surface area (Å²) < 4.78 is 1.84. The first-order valence-electron chi connectivity index (χ1n) is 7.47. The quantitative estimate of drug-likeness (QED) is 0.756. The molecule has 1 fully saturated rings. The van der Waals surface area contributed by atoms with Crippen molar-refractivity contribution in [1.82, 2.24) is 19.6 Å². The van der Waals surface area contributed by atoms with Gasteiger partial charge in [0.1, 0.15) is 0 Å². The third-order valence-corrected chi connectivity index (χ3v) is 4.16. The highest BCUT2D eigenvalue weighted by molar-refractivity contribution is 5.13. The summed E-state index contributed by atoms with van der Waals surface area (Å²) in [5.41, 5.74) is 7.56. The zero-order valence-electron chi connectivity index (χ0n) is 12.6. The molecule has 6 nitrogen and oxygen atoms in total. The number of aliphatic hydroxyl groups excluding tert-OH is 1. The number of hydrogen-bond acceptors (Lipinski definition) is 5. The second-order valence-corrected chi connectivity index (χ2v) is 5.57. The Morgan fingerprint density at radius 2 is 2.05 bits per heavy atom. The summed E-state index contributed by atoms with van der Waals surface area (Å²) >= 11 is 0. The van der Waals surface area contributed by atoms with E-state index in [1.165, 1.54) is 5.56 Å². The summed E-state index contributed by atoms with van der Waals surface area (Å²) in [6, 6.07) is 0.369. The molecule has 0 aliphatic carbocycles. The molecule has 1 saturated heterocycles. The minimum Gasteiger partial charge on any atom is -0.395 e. The summed E-state index contributed by atoms with van der Waals surface area (Å²) in [6.07, 6.45) is 4.96. The highest BCUT2D eigenvalue weighted by Gasteiger charge is 2.29. The van der Waals surface area contributed by atoms with E-state index < -0.39 is 0 Å². The zero-order chi connectivity index (χ0) is 14.5. The molecular weight excluding hydrogens is 254 g/mol. The van der Waals surface area contributed by atoms with Gasteiger partial charge in [0.25, 0.3) is 0 Å². The van der Waals surface area contributed by atoms with E-state index in [4.69, 9.17) is 10.8 Å². The number of rotatable bonds is 6. The van der Waals surface area contributed by atoms with Crippen molar-refractivity contribution in [1.29, 1.82) is 0 Å². The van der Waals surface area contributed by atoms with Crippen molar-refractivity contribution >= 4 is 0 Å². The molecule has 2 heterocycles. The van der Waals surface area contributed by atoms with Crippen LogP contribution in [0.3, 0.4) is 0 Å². The Morgan fingerprint density at radius 3 is 2.55 bits per heavy atom. The topological polar surface area (TPSA) is 70.5 Å². The van der Waals surface area contributed by atoms with Crippen molar-refractivity contribution in [3.8, 4) is 0 Å². The van der Waals surface area contributed by atoms with Crippen molar-refractivity contribution in [2.24, 2.45) is 12.8 Å². The number of piperazine rings is 1. The van der Waals surface area contributed by atoms with Gasteiger partial charge in [-0.15, -0.1) is 0 Å². The van der Waals surface area contributed by atoms with Gasteiger partial charge in [-0.25, -0.2) is 0 Å². The molecule has 0 radical (unpaired) electrons. The van der Waals surface area contributed by atoms with Crippen LogP contribution in [0.2, 0.25) is 0 Å². The highest BCUT2D eigenvalue weighted by atomic mass is 16.3. The van der Waals surface area contributed by atoms with Gasteiger partial charge in [0.15, 0.2) is 0 Å². The summed E-state index contributed by atoms with van der Waals surface area (Å²) in [5.74, 6) is 0. The SMILES string of the molecule is CCC(N)C(c1cnn(C)c1)N1CCN(CCO)CC1. The van der Waals surface area contributed by atoms with E-state index in [1.54, 1.807) is 0 Å². The molecule has 6 heteroatoms. The van der Waals surface area contributed by atoms with Crippen LogP contribution in [0.5, 0.6) is 0 Å². The van der Waals surface area contributed by atoms with Gasteiger partial charge in [-0.2, -0.15) is 5.10 Å². The summed E-state index contributed by atoms with van der Waals surface area (Å²) in [7, 11) is 1.94. The maximum atomic E-state index is 9.01. The summed E-state index contributed by atoms with van der Waals surface area (Å²) in [4.78, 5) is 4.76. The largest absolute Gasteiger partial charge is 0.395 e. The van der Waals surface area contributed by atoms with Gasteiger partial charge in [-0.05, 0) is 6.42 Å². The van der Waals surface area contributed by atoms with Gasteiger partial charge in [0.2, 0.25) is 0 Å². The van der Waals surface area contributed by atoms with Crippen molar-refractivity contribution in [2.75, 3.05) is 39.3 Å². The number of hydrogen-bond donors (Lipinski definition) is 2. The second-order valence-electron chi connectivity index (χ2n) is 5.57. The molecule has 2 rings (SSSR count). The number of aryl methyl sites for hydroxylation is 1. The number of nitrogens with zero attached hydrogens (tertiary/aromatic N) is 4. The Labute approximate surface area is 121 Å².